The Morgan fingerprint density at radius 2 is 2.05 bits per heavy atom. The van der Waals surface area contributed by atoms with Crippen LogP contribution in [0.4, 0.5) is 10.1 Å². The largest absolute Gasteiger partial charge is 0.491 e. The van der Waals surface area contributed by atoms with Crippen molar-refractivity contribution in [3.8, 4) is 22.9 Å². The van der Waals surface area contributed by atoms with Crippen LogP contribution in [0.3, 0.4) is 0 Å². The zero-order valence-corrected chi connectivity index (χ0v) is 24.0. The van der Waals surface area contributed by atoms with Crippen molar-refractivity contribution >= 4 is 34.1 Å². The van der Waals surface area contributed by atoms with E-state index in [9.17, 15) is 14.7 Å². The van der Waals surface area contributed by atoms with E-state index in [2.05, 4.69) is 9.97 Å². The number of rotatable bonds is 6. The molecule has 4 heterocycles. The van der Waals surface area contributed by atoms with Gasteiger partial charge >= 0.3 is 0 Å². The topological polar surface area (TPSA) is 123 Å². The van der Waals surface area contributed by atoms with Gasteiger partial charge in [-0.3, -0.25) is 9.59 Å². The number of carbonyl (C=O) groups is 2. The average molecular weight is 592 g/mol. The van der Waals surface area contributed by atoms with Gasteiger partial charge in [0.25, 0.3) is 5.91 Å². The molecule has 1 fully saturated rings. The van der Waals surface area contributed by atoms with Crippen molar-refractivity contribution in [3.05, 3.63) is 82.9 Å². The number of halogens is 1. The molecule has 9 nitrogen and oxygen atoms in total. The van der Waals surface area contributed by atoms with E-state index in [4.69, 9.17) is 10.00 Å². The van der Waals surface area contributed by atoms with Crippen LogP contribution in [-0.4, -0.2) is 58.0 Å². The summed E-state index contributed by atoms with van der Waals surface area (Å²) in [5.41, 5.74) is 5.96. The minimum absolute atomic E-state index is 0.0867. The van der Waals surface area contributed by atoms with Crippen LogP contribution >= 0.6 is 0 Å². The number of nitrogens with zero attached hydrogens (tertiary/aromatic N) is 4. The van der Waals surface area contributed by atoms with Crippen molar-refractivity contribution in [3.63, 3.8) is 0 Å². The highest BCUT2D eigenvalue weighted by Gasteiger charge is 2.33. The highest BCUT2D eigenvalue weighted by atomic mass is 19.1. The number of fused-ring (bicyclic) bond motifs is 2. The predicted molar refractivity (Wildman–Crippen MR) is 162 cm³/mol. The van der Waals surface area contributed by atoms with Crippen molar-refractivity contribution in [2.45, 2.75) is 38.2 Å². The number of nitriles is 1. The molecule has 2 aromatic carbocycles. The van der Waals surface area contributed by atoms with Gasteiger partial charge in [-0.05, 0) is 77.8 Å². The lowest BCUT2D eigenvalue weighted by atomic mass is 9.95. The molecule has 1 saturated carbocycles. The van der Waals surface area contributed by atoms with E-state index in [1.807, 2.05) is 36.4 Å². The van der Waals surface area contributed by atoms with E-state index < -0.39 is 11.7 Å². The molecule has 0 bridgehead atoms. The average Bonchev–Trinajstić information content (AvgIpc) is 3.82. The molecule has 4 aromatic rings. The number of anilines is 1. The Morgan fingerprint density at radius 1 is 1.18 bits per heavy atom. The minimum Gasteiger partial charge on any atom is -0.491 e. The number of carbonyl (C=O) groups excluding carboxylic acids is 2. The van der Waals surface area contributed by atoms with Crippen LogP contribution in [-0.2, 0) is 11.4 Å². The number of aromatic nitrogens is 2. The van der Waals surface area contributed by atoms with Crippen LogP contribution < -0.4 is 9.64 Å². The molecule has 0 spiro atoms. The normalized spacial score (nSPS) is 16.7. The Hall–Kier alpha value is -5.01. The van der Waals surface area contributed by atoms with Gasteiger partial charge in [-0.1, -0.05) is 18.2 Å². The van der Waals surface area contributed by atoms with E-state index in [1.165, 1.54) is 11.0 Å². The van der Waals surface area contributed by atoms with Crippen molar-refractivity contribution in [2.24, 2.45) is 0 Å². The number of aliphatic hydroxyl groups is 1. The number of hydrogen-bond acceptors (Lipinski definition) is 6. The molecule has 1 aliphatic carbocycles. The smallest absolute Gasteiger partial charge is 0.265 e. The van der Waals surface area contributed by atoms with Gasteiger partial charge in [0.2, 0.25) is 5.91 Å². The van der Waals surface area contributed by atoms with Crippen LogP contribution in [0.25, 0.3) is 27.7 Å². The summed E-state index contributed by atoms with van der Waals surface area (Å²) in [6, 6.07) is 14.5. The summed E-state index contributed by atoms with van der Waals surface area (Å²) in [7, 11) is 0. The van der Waals surface area contributed by atoms with Crippen molar-refractivity contribution in [1.82, 2.24) is 14.9 Å². The van der Waals surface area contributed by atoms with E-state index in [1.54, 1.807) is 23.2 Å². The van der Waals surface area contributed by atoms with Gasteiger partial charge < -0.3 is 24.6 Å². The molecule has 222 valence electrons. The maximum Gasteiger partial charge on any atom is 0.265 e. The fraction of sp³-hybridized carbons (Fsp3) is 0.294. The maximum atomic E-state index is 15.4. The molecule has 0 radical (unpaired) electrons. The summed E-state index contributed by atoms with van der Waals surface area (Å²) in [5, 5.41) is 20.4. The Morgan fingerprint density at radius 3 is 2.80 bits per heavy atom. The molecule has 3 aliphatic rings. The summed E-state index contributed by atoms with van der Waals surface area (Å²) >= 11 is 0. The molecule has 0 atom stereocenters. The van der Waals surface area contributed by atoms with Gasteiger partial charge in [0.15, 0.2) is 0 Å². The number of aliphatic hydroxyl groups excluding tert-OH is 1. The fourth-order valence-corrected chi connectivity index (χ4v) is 6.29. The molecular weight excluding hydrogens is 561 g/mol. The van der Waals surface area contributed by atoms with Crippen molar-refractivity contribution in [1.29, 1.82) is 5.26 Å². The van der Waals surface area contributed by atoms with Crippen molar-refractivity contribution < 1.29 is 23.8 Å². The fourth-order valence-electron chi connectivity index (χ4n) is 6.29. The molecule has 2 amide bonds. The Kier molecular flexibility index (Phi) is 7.10. The van der Waals surface area contributed by atoms with Crippen LogP contribution in [0.2, 0.25) is 0 Å². The number of ether oxygens (including phenoxy) is 1. The highest BCUT2D eigenvalue weighted by Crippen LogP contribution is 2.43. The summed E-state index contributed by atoms with van der Waals surface area (Å²) in [4.78, 5) is 37.0. The van der Waals surface area contributed by atoms with E-state index in [0.717, 1.165) is 46.2 Å². The molecule has 2 N–H and O–H groups in total. The lowest BCUT2D eigenvalue weighted by Gasteiger charge is -2.25. The lowest BCUT2D eigenvalue weighted by Crippen LogP contribution is -2.34. The summed E-state index contributed by atoms with van der Waals surface area (Å²) in [6.07, 6.45) is 6.20. The second kappa shape index (κ2) is 11.2. The zero-order chi connectivity index (χ0) is 30.4. The van der Waals surface area contributed by atoms with Crippen molar-refractivity contribution in [2.75, 3.05) is 31.1 Å². The Bertz CT molecular complexity index is 1890. The first kappa shape index (κ1) is 27.8. The summed E-state index contributed by atoms with van der Waals surface area (Å²) in [6.45, 7) is 1.01. The number of H-pyrrole nitrogens is 1. The monoisotopic (exact) mass is 591 g/mol. The number of nitrogens with one attached hydrogen (secondary N) is 1. The van der Waals surface area contributed by atoms with E-state index in [-0.39, 0.29) is 43.4 Å². The number of aromatic amines is 1. The van der Waals surface area contributed by atoms with Gasteiger partial charge in [0.05, 0.1) is 24.9 Å². The Balaban J connectivity index is 1.24. The molecule has 2 aliphatic heterocycles. The summed E-state index contributed by atoms with van der Waals surface area (Å²) in [5.74, 6) is -0.679. The number of amides is 2. The van der Waals surface area contributed by atoms with Gasteiger partial charge in [-0.2, -0.15) is 5.26 Å². The predicted octanol–water partition coefficient (Wildman–Crippen LogP) is 5.31. The molecule has 0 unspecified atom stereocenters. The third kappa shape index (κ3) is 4.89. The third-order valence-corrected chi connectivity index (χ3v) is 8.72. The van der Waals surface area contributed by atoms with E-state index >= 15 is 4.39 Å². The molecular formula is C34H30FN5O4. The molecule has 7 rings (SSSR count). The van der Waals surface area contributed by atoms with Gasteiger partial charge in [0.1, 0.15) is 35.8 Å². The standard InChI is InChI=1S/C34H30FN5O4/c35-27-16-22(20-4-5-20)17-30-32(27)34(43)40(14-15-44-30)29-3-1-2-23(26(29)19-41)24-7-11-37-33-25(24)18-28(38-33)21-8-12-39(13-9-21)31(42)6-10-36/h1-3,7-8,11,16-18,20,41H,4-6,9,12-15,19H2,(H,37,38). The number of pyridine rings is 1. The molecule has 0 saturated heterocycles. The molecule has 10 heteroatoms. The zero-order valence-electron chi connectivity index (χ0n) is 24.0. The quantitative estimate of drug-likeness (QED) is 0.314. The summed E-state index contributed by atoms with van der Waals surface area (Å²) < 4.78 is 21.3. The second-order valence-corrected chi connectivity index (χ2v) is 11.4. The third-order valence-electron chi connectivity index (χ3n) is 8.72. The lowest BCUT2D eigenvalue weighted by molar-refractivity contribution is -0.129. The van der Waals surface area contributed by atoms with Gasteiger partial charge in [-0.15, -0.1) is 0 Å². The first-order valence-electron chi connectivity index (χ1n) is 14.8. The first-order chi connectivity index (χ1) is 21.5. The van der Waals surface area contributed by atoms with E-state index in [0.29, 0.717) is 42.3 Å². The van der Waals surface area contributed by atoms with Crippen LogP contribution in [0.5, 0.6) is 5.75 Å². The van der Waals surface area contributed by atoms with Gasteiger partial charge in [0, 0.05) is 35.9 Å². The minimum atomic E-state index is -0.590. The van der Waals surface area contributed by atoms with Gasteiger partial charge in [-0.25, -0.2) is 9.37 Å². The SMILES string of the molecule is N#CCC(=O)N1CC=C(c2cc3c(-c4cccc(N5CCOc6cc(C7CC7)cc(F)c6C5=O)c4CO)ccnc3[nH]2)CC1. The second-order valence-electron chi connectivity index (χ2n) is 11.4. The van der Waals surface area contributed by atoms with Crippen LogP contribution in [0.1, 0.15) is 58.8 Å². The van der Waals surface area contributed by atoms with Crippen LogP contribution in [0, 0.1) is 17.1 Å². The molecule has 2 aromatic heterocycles. The van der Waals surface area contributed by atoms with Crippen LogP contribution in [0.15, 0.2) is 54.7 Å². The molecule has 44 heavy (non-hydrogen) atoms. The Labute approximate surface area is 253 Å². The highest BCUT2D eigenvalue weighted by molar-refractivity contribution is 6.09. The number of benzene rings is 2. The number of hydrogen-bond donors (Lipinski definition) is 2. The first-order valence-corrected chi connectivity index (χ1v) is 14.8. The maximum absolute atomic E-state index is 15.4.